The lowest BCUT2D eigenvalue weighted by atomic mass is 10.2. The van der Waals surface area contributed by atoms with Crippen LogP contribution in [0.25, 0.3) is 0 Å². The van der Waals surface area contributed by atoms with E-state index in [1.165, 1.54) is 10.6 Å². The van der Waals surface area contributed by atoms with Gasteiger partial charge in [-0.2, -0.15) is 4.31 Å². The molecule has 1 aliphatic heterocycles. The van der Waals surface area contributed by atoms with Crippen molar-refractivity contribution in [1.29, 1.82) is 0 Å². The second-order valence-electron chi connectivity index (χ2n) is 2.90. The summed E-state index contributed by atoms with van der Waals surface area (Å²) >= 11 is 0. The van der Waals surface area contributed by atoms with Crippen LogP contribution in [0.5, 0.6) is 0 Å². The zero-order valence-electron chi connectivity index (χ0n) is 6.69. The van der Waals surface area contributed by atoms with Crippen molar-refractivity contribution in [2.75, 3.05) is 26.4 Å². The molecule has 1 aliphatic rings. The molecule has 0 aromatic heterocycles. The maximum atomic E-state index is 10.8. The smallest absolute Gasteiger partial charge is 0.211 e. The number of sulfonamides is 1. The number of hydrogen-bond acceptors (Lipinski definition) is 4. The summed E-state index contributed by atoms with van der Waals surface area (Å²) in [5.41, 5.74) is 0. The first kappa shape index (κ1) is 8.92. The molecule has 0 radical (unpaired) electrons. The maximum Gasteiger partial charge on any atom is 0.211 e. The first-order chi connectivity index (χ1) is 4.91. The molecular weight excluding hydrogens is 166 g/mol. The van der Waals surface area contributed by atoms with Gasteiger partial charge in [0.25, 0.3) is 0 Å². The van der Waals surface area contributed by atoms with E-state index in [2.05, 4.69) is 0 Å². The third-order valence-electron chi connectivity index (χ3n) is 1.87. The summed E-state index contributed by atoms with van der Waals surface area (Å²) in [5, 5.41) is 1.54. The van der Waals surface area contributed by atoms with E-state index in [-0.39, 0.29) is 6.04 Å². The van der Waals surface area contributed by atoms with Gasteiger partial charge in [-0.25, -0.2) is 13.4 Å². The largest absolute Gasteiger partial charge is 0.269 e. The summed E-state index contributed by atoms with van der Waals surface area (Å²) in [7, 11) is -1.24. The summed E-state index contributed by atoms with van der Waals surface area (Å²) < 4.78 is 23.1. The fraction of sp³-hybridized carbons (Fsp3) is 1.00. The van der Waals surface area contributed by atoms with Crippen molar-refractivity contribution in [2.45, 2.75) is 6.04 Å². The lowest BCUT2D eigenvalue weighted by Gasteiger charge is -2.40. The van der Waals surface area contributed by atoms with Crippen molar-refractivity contribution in [3.8, 4) is 0 Å². The van der Waals surface area contributed by atoms with Crippen LogP contribution < -0.4 is 5.84 Å². The van der Waals surface area contributed by atoms with Crippen molar-refractivity contribution < 1.29 is 8.42 Å². The zero-order chi connectivity index (χ0) is 8.65. The lowest BCUT2D eigenvalue weighted by molar-refractivity contribution is 0.113. The molecule has 0 amide bonds. The summed E-state index contributed by atoms with van der Waals surface area (Å²) in [6.45, 7) is 1.04. The molecule has 11 heavy (non-hydrogen) atoms. The monoisotopic (exact) mass is 179 g/mol. The Bertz CT molecular complexity index is 230. The fourth-order valence-electron chi connectivity index (χ4n) is 0.945. The van der Waals surface area contributed by atoms with Crippen LogP contribution in [0.1, 0.15) is 0 Å². The topological polar surface area (TPSA) is 66.6 Å². The molecule has 0 aromatic carbocycles. The summed E-state index contributed by atoms with van der Waals surface area (Å²) in [4.78, 5) is 0. The molecular formula is C5H13N3O2S. The molecule has 5 nitrogen and oxygen atoms in total. The van der Waals surface area contributed by atoms with Crippen LogP contribution >= 0.6 is 0 Å². The number of hydrogen-bond donors (Lipinski definition) is 1. The molecule has 1 heterocycles. The Morgan fingerprint density at radius 1 is 1.55 bits per heavy atom. The molecule has 0 bridgehead atoms. The molecule has 0 saturated carbocycles. The number of nitrogens with two attached hydrogens (primary N) is 1. The summed E-state index contributed by atoms with van der Waals surface area (Å²) in [5.74, 6) is 5.42. The van der Waals surface area contributed by atoms with E-state index >= 15 is 0 Å². The van der Waals surface area contributed by atoms with E-state index in [1.54, 1.807) is 12.1 Å². The van der Waals surface area contributed by atoms with Gasteiger partial charge in [0.1, 0.15) is 0 Å². The van der Waals surface area contributed by atoms with Crippen molar-refractivity contribution in [1.82, 2.24) is 9.31 Å². The van der Waals surface area contributed by atoms with Crippen LogP contribution in [0, 0.1) is 0 Å². The fourth-order valence-corrected chi connectivity index (χ4v) is 1.83. The highest BCUT2D eigenvalue weighted by atomic mass is 32.2. The van der Waals surface area contributed by atoms with Gasteiger partial charge in [0, 0.05) is 20.1 Å². The van der Waals surface area contributed by atoms with Crippen molar-refractivity contribution in [2.24, 2.45) is 5.84 Å². The van der Waals surface area contributed by atoms with Gasteiger partial charge >= 0.3 is 0 Å². The van der Waals surface area contributed by atoms with Gasteiger partial charge in [0.2, 0.25) is 10.0 Å². The van der Waals surface area contributed by atoms with Crippen LogP contribution in [0.2, 0.25) is 0 Å². The van der Waals surface area contributed by atoms with E-state index in [1.807, 2.05) is 0 Å². The molecule has 0 aliphatic carbocycles. The third kappa shape index (κ3) is 1.90. The normalized spacial score (nSPS) is 22.2. The van der Waals surface area contributed by atoms with Crippen LogP contribution in [0.4, 0.5) is 0 Å². The summed E-state index contributed by atoms with van der Waals surface area (Å²) in [6.07, 6.45) is 1.21. The minimum absolute atomic E-state index is 0.185. The number of likely N-dealkylation sites (N-methyl/N-ethyl adjacent to an activating group) is 1. The van der Waals surface area contributed by atoms with Crippen LogP contribution in [0.15, 0.2) is 0 Å². The second kappa shape index (κ2) is 2.71. The maximum absolute atomic E-state index is 10.8. The predicted octanol–water partition coefficient (Wildman–Crippen LogP) is -1.56. The summed E-state index contributed by atoms with van der Waals surface area (Å²) in [6, 6.07) is 0.185. The van der Waals surface area contributed by atoms with E-state index in [0.29, 0.717) is 13.1 Å². The van der Waals surface area contributed by atoms with Gasteiger partial charge in [-0.1, -0.05) is 0 Å². The van der Waals surface area contributed by atoms with E-state index in [9.17, 15) is 8.42 Å². The molecule has 6 heteroatoms. The quantitative estimate of drug-likeness (QED) is 0.411. The molecule has 0 spiro atoms. The first-order valence-corrected chi connectivity index (χ1v) is 5.19. The molecule has 0 atom stereocenters. The molecule has 2 N–H and O–H groups in total. The Balaban J connectivity index is 2.42. The molecule has 66 valence electrons. The number of rotatable bonds is 2. The van der Waals surface area contributed by atoms with Gasteiger partial charge in [0.15, 0.2) is 0 Å². The predicted molar refractivity (Wildman–Crippen MR) is 42.2 cm³/mol. The Labute approximate surface area is 66.8 Å². The third-order valence-corrected chi connectivity index (χ3v) is 3.11. The van der Waals surface area contributed by atoms with Crippen molar-refractivity contribution in [3.63, 3.8) is 0 Å². The first-order valence-electron chi connectivity index (χ1n) is 3.34. The number of hydrazine groups is 1. The average Bonchev–Trinajstić information content (AvgIpc) is 1.51. The van der Waals surface area contributed by atoms with Gasteiger partial charge in [-0.3, -0.25) is 5.84 Å². The molecule has 0 aromatic rings. The highest BCUT2D eigenvalue weighted by Crippen LogP contribution is 2.14. The Morgan fingerprint density at radius 2 is 2.00 bits per heavy atom. The van der Waals surface area contributed by atoms with Crippen molar-refractivity contribution >= 4 is 10.0 Å². The molecule has 1 rings (SSSR count). The number of nitrogens with zero attached hydrogens (tertiary/aromatic N) is 2. The van der Waals surface area contributed by atoms with Crippen LogP contribution in [-0.4, -0.2) is 50.2 Å². The minimum Gasteiger partial charge on any atom is -0.269 e. The van der Waals surface area contributed by atoms with Gasteiger partial charge < -0.3 is 0 Å². The Morgan fingerprint density at radius 3 is 2.27 bits per heavy atom. The van der Waals surface area contributed by atoms with Crippen molar-refractivity contribution in [3.05, 3.63) is 0 Å². The van der Waals surface area contributed by atoms with Gasteiger partial charge in [-0.05, 0) is 0 Å². The van der Waals surface area contributed by atoms with Gasteiger partial charge in [-0.15, -0.1) is 0 Å². The SMILES string of the molecule is CN(N)C1CN(S(C)(=O)=O)C1. The highest BCUT2D eigenvalue weighted by molar-refractivity contribution is 7.88. The molecule has 1 fully saturated rings. The molecule has 1 saturated heterocycles. The zero-order valence-corrected chi connectivity index (χ0v) is 7.50. The second-order valence-corrected chi connectivity index (χ2v) is 4.88. The van der Waals surface area contributed by atoms with E-state index in [0.717, 1.165) is 0 Å². The van der Waals surface area contributed by atoms with Gasteiger partial charge in [0.05, 0.1) is 12.3 Å². The van der Waals surface area contributed by atoms with Crippen LogP contribution in [0.3, 0.4) is 0 Å². The minimum atomic E-state index is -2.98. The average molecular weight is 179 g/mol. The Hall–Kier alpha value is -0.170. The lowest BCUT2D eigenvalue weighted by Crippen LogP contribution is -2.61. The standard InChI is InChI=1S/C5H13N3O2S/c1-7(6)5-3-8(4-5)11(2,9)10/h5H,3-4,6H2,1-2H3. The van der Waals surface area contributed by atoms with Crippen LogP contribution in [-0.2, 0) is 10.0 Å². The van der Waals surface area contributed by atoms with E-state index < -0.39 is 10.0 Å². The van der Waals surface area contributed by atoms with E-state index in [4.69, 9.17) is 5.84 Å². The molecule has 0 unspecified atom stereocenters. The Kier molecular flexibility index (Phi) is 2.19. The highest BCUT2D eigenvalue weighted by Gasteiger charge is 2.34.